The fourth-order valence-corrected chi connectivity index (χ4v) is 3.99. The first-order valence-electron chi connectivity index (χ1n) is 10.2. The summed E-state index contributed by atoms with van der Waals surface area (Å²) in [7, 11) is 1.66. The molecule has 2 unspecified atom stereocenters. The zero-order valence-corrected chi connectivity index (χ0v) is 17.8. The molecule has 31 heavy (non-hydrogen) atoms. The lowest BCUT2D eigenvalue weighted by atomic mass is 10.0. The molecule has 0 N–H and O–H groups in total. The Morgan fingerprint density at radius 3 is 2.55 bits per heavy atom. The summed E-state index contributed by atoms with van der Waals surface area (Å²) in [5, 5.41) is 5.27. The van der Waals surface area contributed by atoms with E-state index in [4.69, 9.17) is 30.6 Å². The number of rotatable bonds is 7. The summed E-state index contributed by atoms with van der Waals surface area (Å²) in [6.45, 7) is 0.669. The second-order valence-corrected chi connectivity index (χ2v) is 8.10. The molecule has 0 amide bonds. The molecule has 5 nitrogen and oxygen atoms in total. The molecule has 1 heterocycles. The Kier molecular flexibility index (Phi) is 5.43. The van der Waals surface area contributed by atoms with Crippen LogP contribution in [-0.4, -0.2) is 19.6 Å². The van der Waals surface area contributed by atoms with E-state index in [1.807, 2.05) is 54.6 Å². The van der Waals surface area contributed by atoms with Gasteiger partial charge in [-0.3, -0.25) is 0 Å². The van der Waals surface area contributed by atoms with Gasteiger partial charge in [0.15, 0.2) is 11.5 Å². The SMILES string of the molecule is COc1ccc(C(=NOCc2ccc(Cl)cc2)C2CC2c2ccc3c(c2)OCO3)cc1. The van der Waals surface area contributed by atoms with Gasteiger partial charge in [0.25, 0.3) is 0 Å². The molecule has 2 aliphatic rings. The Morgan fingerprint density at radius 1 is 1.00 bits per heavy atom. The fourth-order valence-electron chi connectivity index (χ4n) is 3.86. The molecule has 0 saturated heterocycles. The normalized spacial score (nSPS) is 19.2. The number of nitrogens with zero attached hydrogens (tertiary/aromatic N) is 1. The van der Waals surface area contributed by atoms with Crippen LogP contribution in [0.15, 0.2) is 71.9 Å². The molecule has 3 aromatic rings. The molecule has 158 valence electrons. The topological polar surface area (TPSA) is 49.3 Å². The largest absolute Gasteiger partial charge is 0.497 e. The molecule has 1 aliphatic heterocycles. The third-order valence-electron chi connectivity index (χ3n) is 5.66. The highest BCUT2D eigenvalue weighted by atomic mass is 35.5. The predicted molar refractivity (Wildman–Crippen MR) is 119 cm³/mol. The molecule has 6 heteroatoms. The highest BCUT2D eigenvalue weighted by Gasteiger charge is 2.43. The number of halogens is 1. The number of methoxy groups -OCH3 is 1. The zero-order chi connectivity index (χ0) is 21.2. The average Bonchev–Trinajstić information content (AvgIpc) is 3.45. The van der Waals surface area contributed by atoms with Crippen molar-refractivity contribution in [2.24, 2.45) is 11.1 Å². The Hall–Kier alpha value is -3.18. The van der Waals surface area contributed by atoms with Crippen molar-refractivity contribution in [1.82, 2.24) is 0 Å². The van der Waals surface area contributed by atoms with Gasteiger partial charge in [0.1, 0.15) is 12.4 Å². The number of benzene rings is 3. The fraction of sp³-hybridized carbons (Fsp3) is 0.240. The first kappa shape index (κ1) is 19.8. The van der Waals surface area contributed by atoms with Crippen LogP contribution in [0.25, 0.3) is 0 Å². The molecule has 0 bridgehead atoms. The molecule has 0 aromatic heterocycles. The summed E-state index contributed by atoms with van der Waals surface area (Å²) in [4.78, 5) is 5.76. The lowest BCUT2D eigenvalue weighted by Crippen LogP contribution is -2.07. The van der Waals surface area contributed by atoms with E-state index in [1.54, 1.807) is 7.11 Å². The van der Waals surface area contributed by atoms with Gasteiger partial charge >= 0.3 is 0 Å². The Labute approximate surface area is 186 Å². The van der Waals surface area contributed by atoms with E-state index in [1.165, 1.54) is 5.56 Å². The van der Waals surface area contributed by atoms with Crippen molar-refractivity contribution in [3.63, 3.8) is 0 Å². The maximum absolute atomic E-state index is 5.96. The molecule has 1 aliphatic carbocycles. The smallest absolute Gasteiger partial charge is 0.231 e. The monoisotopic (exact) mass is 435 g/mol. The van der Waals surface area contributed by atoms with Crippen molar-refractivity contribution >= 4 is 17.3 Å². The first-order valence-corrected chi connectivity index (χ1v) is 10.6. The van der Waals surface area contributed by atoms with Gasteiger partial charge in [0, 0.05) is 10.9 Å². The molecule has 2 atom stereocenters. The number of oxime groups is 1. The molecule has 3 aromatic carbocycles. The van der Waals surface area contributed by atoms with Gasteiger partial charge in [-0.2, -0.15) is 0 Å². The summed E-state index contributed by atoms with van der Waals surface area (Å²) in [6.07, 6.45) is 1.01. The highest BCUT2D eigenvalue weighted by molar-refractivity contribution is 6.30. The third-order valence-corrected chi connectivity index (χ3v) is 5.91. The standard InChI is InChI=1S/C25H22ClNO4/c1-28-20-9-4-17(5-10-20)25(27-31-14-16-2-7-19(26)8-3-16)22-13-21(22)18-6-11-23-24(12-18)30-15-29-23/h2-12,21-22H,13-15H2,1H3. The Balaban J connectivity index is 1.36. The Morgan fingerprint density at radius 2 is 1.77 bits per heavy atom. The molecular formula is C25H22ClNO4. The number of hydrogen-bond donors (Lipinski definition) is 0. The van der Waals surface area contributed by atoms with E-state index in [0.29, 0.717) is 17.5 Å². The molecule has 1 fully saturated rings. The van der Waals surface area contributed by atoms with E-state index in [0.717, 1.165) is 40.5 Å². The van der Waals surface area contributed by atoms with Gasteiger partial charge in [-0.05, 0) is 77.6 Å². The van der Waals surface area contributed by atoms with Crippen molar-refractivity contribution < 1.29 is 19.0 Å². The third kappa shape index (κ3) is 4.32. The quantitative estimate of drug-likeness (QED) is 0.347. The van der Waals surface area contributed by atoms with Crippen LogP contribution in [0.5, 0.6) is 17.2 Å². The maximum Gasteiger partial charge on any atom is 0.231 e. The molecule has 5 rings (SSSR count). The average molecular weight is 436 g/mol. The summed E-state index contributed by atoms with van der Waals surface area (Å²) < 4.78 is 16.3. The molecule has 0 radical (unpaired) electrons. The van der Waals surface area contributed by atoms with Gasteiger partial charge in [-0.15, -0.1) is 0 Å². The van der Waals surface area contributed by atoms with Crippen molar-refractivity contribution in [1.29, 1.82) is 0 Å². The van der Waals surface area contributed by atoms with E-state index in [-0.39, 0.29) is 12.7 Å². The molecule has 0 spiro atoms. The van der Waals surface area contributed by atoms with Crippen molar-refractivity contribution in [2.45, 2.75) is 18.9 Å². The van der Waals surface area contributed by atoms with Gasteiger partial charge < -0.3 is 19.0 Å². The Bertz CT molecular complexity index is 1100. The van der Waals surface area contributed by atoms with Crippen LogP contribution in [-0.2, 0) is 11.4 Å². The van der Waals surface area contributed by atoms with Gasteiger partial charge in [0.05, 0.1) is 12.8 Å². The summed E-state index contributed by atoms with van der Waals surface area (Å²) in [6, 6.07) is 21.7. The van der Waals surface area contributed by atoms with Crippen LogP contribution in [0, 0.1) is 5.92 Å². The highest BCUT2D eigenvalue weighted by Crippen LogP contribution is 2.51. The van der Waals surface area contributed by atoms with Crippen LogP contribution in [0.3, 0.4) is 0 Å². The number of fused-ring (bicyclic) bond motifs is 1. The molecule has 1 saturated carbocycles. The first-order chi connectivity index (χ1) is 15.2. The van der Waals surface area contributed by atoms with Gasteiger partial charge in [0.2, 0.25) is 6.79 Å². The van der Waals surface area contributed by atoms with Gasteiger partial charge in [-0.1, -0.05) is 35.0 Å². The van der Waals surface area contributed by atoms with Crippen LogP contribution in [0.4, 0.5) is 0 Å². The number of hydrogen-bond acceptors (Lipinski definition) is 5. The molecular weight excluding hydrogens is 414 g/mol. The second kappa shape index (κ2) is 8.52. The van der Waals surface area contributed by atoms with Crippen LogP contribution in [0.1, 0.15) is 29.0 Å². The van der Waals surface area contributed by atoms with Crippen LogP contribution < -0.4 is 14.2 Å². The summed E-state index contributed by atoms with van der Waals surface area (Å²) >= 11 is 5.96. The van der Waals surface area contributed by atoms with Crippen molar-refractivity contribution in [3.8, 4) is 17.2 Å². The van der Waals surface area contributed by atoms with Gasteiger partial charge in [-0.25, -0.2) is 0 Å². The van der Waals surface area contributed by atoms with E-state index in [2.05, 4.69) is 17.3 Å². The minimum atomic E-state index is 0.277. The van der Waals surface area contributed by atoms with Crippen molar-refractivity contribution in [3.05, 3.63) is 88.4 Å². The second-order valence-electron chi connectivity index (χ2n) is 7.67. The summed E-state index contributed by atoms with van der Waals surface area (Å²) in [5.41, 5.74) is 4.22. The minimum Gasteiger partial charge on any atom is -0.497 e. The lowest BCUT2D eigenvalue weighted by Gasteiger charge is -2.09. The van der Waals surface area contributed by atoms with E-state index < -0.39 is 0 Å². The van der Waals surface area contributed by atoms with Crippen LogP contribution in [0.2, 0.25) is 5.02 Å². The lowest BCUT2D eigenvalue weighted by molar-refractivity contribution is 0.130. The van der Waals surface area contributed by atoms with Crippen LogP contribution >= 0.6 is 11.6 Å². The minimum absolute atomic E-state index is 0.277. The zero-order valence-electron chi connectivity index (χ0n) is 17.1. The predicted octanol–water partition coefficient (Wildman–Crippen LogP) is 5.80. The summed E-state index contributed by atoms with van der Waals surface area (Å²) in [5.74, 6) is 3.07. The van der Waals surface area contributed by atoms with E-state index in [9.17, 15) is 0 Å². The van der Waals surface area contributed by atoms with Crippen molar-refractivity contribution in [2.75, 3.05) is 13.9 Å². The van der Waals surface area contributed by atoms with E-state index >= 15 is 0 Å². The number of ether oxygens (including phenoxy) is 3. The maximum atomic E-state index is 5.96.